The van der Waals surface area contributed by atoms with E-state index in [9.17, 15) is 20.0 Å². The van der Waals surface area contributed by atoms with Crippen LogP contribution in [0.2, 0.25) is 0 Å². The summed E-state index contributed by atoms with van der Waals surface area (Å²) >= 11 is 0. The Labute approximate surface area is 202 Å². The number of rotatable bonds is 16. The number of aliphatic imine (C=N–C) groups is 1. The van der Waals surface area contributed by atoms with Crippen LogP contribution in [0.4, 0.5) is 11.4 Å². The molecule has 34 heavy (non-hydrogen) atoms. The number of benzene rings is 2. The van der Waals surface area contributed by atoms with E-state index in [1.165, 1.54) is 75.8 Å². The van der Waals surface area contributed by atoms with E-state index in [2.05, 4.69) is 11.9 Å². The zero-order valence-corrected chi connectivity index (χ0v) is 20.1. The van der Waals surface area contributed by atoms with Crippen LogP contribution in [-0.2, 0) is 4.79 Å². The molecular formula is C27H36N2O5. The Morgan fingerprint density at radius 3 is 2.24 bits per heavy atom. The lowest BCUT2D eigenvalue weighted by Gasteiger charge is -2.06. The van der Waals surface area contributed by atoms with E-state index in [-0.39, 0.29) is 23.2 Å². The molecule has 0 aromatic heterocycles. The van der Waals surface area contributed by atoms with Gasteiger partial charge in [0.25, 0.3) is 5.69 Å². The zero-order valence-electron chi connectivity index (χ0n) is 20.1. The highest BCUT2D eigenvalue weighted by Gasteiger charge is 2.08. The van der Waals surface area contributed by atoms with Gasteiger partial charge in [0.05, 0.1) is 10.6 Å². The minimum atomic E-state index is -0.490. The third-order valence-corrected chi connectivity index (χ3v) is 5.61. The number of ether oxygens (including phenoxy) is 1. The standard InChI is InChI=1S/C27H36N2O5/c1-2-3-4-5-6-7-8-9-10-11-12-16-27(31)34-25-18-17-22(26(30)20-25)21-28-23-14-13-15-24(19-23)29(32)33/h13-15,17-21,30H,2-12,16H2,1H3. The first-order valence-corrected chi connectivity index (χ1v) is 12.3. The van der Waals surface area contributed by atoms with Gasteiger partial charge in [-0.15, -0.1) is 0 Å². The van der Waals surface area contributed by atoms with Crippen LogP contribution in [0.5, 0.6) is 11.5 Å². The number of hydrogen-bond donors (Lipinski definition) is 1. The van der Waals surface area contributed by atoms with Gasteiger partial charge in [0.15, 0.2) is 0 Å². The lowest BCUT2D eigenvalue weighted by Crippen LogP contribution is -2.07. The molecule has 0 atom stereocenters. The largest absolute Gasteiger partial charge is 0.507 e. The zero-order chi connectivity index (χ0) is 24.6. The number of esters is 1. The lowest BCUT2D eigenvalue weighted by molar-refractivity contribution is -0.384. The number of carbonyl (C=O) groups is 1. The number of carbonyl (C=O) groups excluding carboxylic acids is 1. The molecule has 0 aliphatic heterocycles. The molecule has 0 amide bonds. The van der Waals surface area contributed by atoms with Crippen molar-refractivity contribution in [2.45, 2.75) is 84.0 Å². The first-order chi connectivity index (χ1) is 16.5. The number of hydrogen-bond acceptors (Lipinski definition) is 6. The molecule has 7 nitrogen and oxygen atoms in total. The van der Waals surface area contributed by atoms with Crippen molar-refractivity contribution in [3.05, 3.63) is 58.1 Å². The number of phenolic OH excluding ortho intramolecular Hbond substituents is 1. The lowest BCUT2D eigenvalue weighted by atomic mass is 10.1. The topological polar surface area (TPSA) is 102 Å². The second-order valence-electron chi connectivity index (χ2n) is 8.52. The molecular weight excluding hydrogens is 432 g/mol. The summed E-state index contributed by atoms with van der Waals surface area (Å²) in [5.74, 6) is -0.124. The van der Waals surface area contributed by atoms with Gasteiger partial charge in [-0.3, -0.25) is 19.9 Å². The molecule has 0 heterocycles. The van der Waals surface area contributed by atoms with Gasteiger partial charge in [-0.25, -0.2) is 0 Å². The summed E-state index contributed by atoms with van der Waals surface area (Å²) in [6.45, 7) is 2.23. The maximum absolute atomic E-state index is 12.1. The summed E-state index contributed by atoms with van der Waals surface area (Å²) in [4.78, 5) is 26.6. The summed E-state index contributed by atoms with van der Waals surface area (Å²) in [6, 6.07) is 10.4. The van der Waals surface area contributed by atoms with Crippen LogP contribution >= 0.6 is 0 Å². The SMILES string of the molecule is CCCCCCCCCCCCCC(=O)Oc1ccc(C=Nc2cccc([N+](=O)[O-])c2)c(O)c1. The first-order valence-electron chi connectivity index (χ1n) is 12.3. The normalized spacial score (nSPS) is 11.1. The summed E-state index contributed by atoms with van der Waals surface area (Å²) in [5, 5.41) is 21.1. The van der Waals surface area contributed by atoms with Crippen molar-refractivity contribution < 1.29 is 19.6 Å². The number of nitro groups is 1. The molecule has 0 fully saturated rings. The molecule has 2 rings (SSSR count). The number of nitro benzene ring substituents is 1. The highest BCUT2D eigenvalue weighted by Crippen LogP contribution is 2.25. The van der Waals surface area contributed by atoms with E-state index in [4.69, 9.17) is 4.74 Å². The van der Waals surface area contributed by atoms with Gasteiger partial charge in [0, 0.05) is 36.4 Å². The minimum Gasteiger partial charge on any atom is -0.507 e. The van der Waals surface area contributed by atoms with Crippen LogP contribution in [0.25, 0.3) is 0 Å². The Hall–Kier alpha value is -3.22. The van der Waals surface area contributed by atoms with Gasteiger partial charge < -0.3 is 9.84 Å². The molecule has 2 aromatic rings. The third kappa shape index (κ3) is 10.6. The Balaban J connectivity index is 1.67. The molecule has 0 spiro atoms. The quantitative estimate of drug-likeness (QED) is 0.0680. The number of nitrogens with zero attached hydrogens (tertiary/aromatic N) is 2. The van der Waals surface area contributed by atoms with E-state index < -0.39 is 4.92 Å². The second kappa shape index (κ2) is 15.6. The maximum atomic E-state index is 12.1. The number of unbranched alkanes of at least 4 members (excludes halogenated alkanes) is 10. The van der Waals surface area contributed by atoms with Crippen LogP contribution in [0.1, 0.15) is 89.5 Å². The number of aromatic hydroxyl groups is 1. The molecule has 7 heteroatoms. The van der Waals surface area contributed by atoms with Crippen molar-refractivity contribution >= 4 is 23.6 Å². The molecule has 0 unspecified atom stereocenters. The fourth-order valence-electron chi connectivity index (χ4n) is 3.64. The molecule has 1 N–H and O–H groups in total. The smallest absolute Gasteiger partial charge is 0.311 e. The fourth-order valence-corrected chi connectivity index (χ4v) is 3.64. The van der Waals surface area contributed by atoms with Crippen LogP contribution in [0.3, 0.4) is 0 Å². The van der Waals surface area contributed by atoms with E-state index >= 15 is 0 Å². The molecule has 0 aliphatic rings. The van der Waals surface area contributed by atoms with Crippen molar-refractivity contribution in [2.75, 3.05) is 0 Å². The Morgan fingerprint density at radius 2 is 1.62 bits per heavy atom. The Kier molecular flexibility index (Phi) is 12.4. The van der Waals surface area contributed by atoms with Crippen LogP contribution in [0, 0.1) is 10.1 Å². The predicted octanol–water partition coefficient (Wildman–Crippen LogP) is 7.66. The highest BCUT2D eigenvalue weighted by atomic mass is 16.6. The van der Waals surface area contributed by atoms with Gasteiger partial charge in [-0.05, 0) is 24.6 Å². The summed E-state index contributed by atoms with van der Waals surface area (Å²) in [7, 11) is 0. The molecule has 0 radical (unpaired) electrons. The third-order valence-electron chi connectivity index (χ3n) is 5.61. The molecule has 184 valence electrons. The average Bonchev–Trinajstić information content (AvgIpc) is 2.82. The van der Waals surface area contributed by atoms with Gasteiger partial charge in [-0.1, -0.05) is 77.2 Å². The monoisotopic (exact) mass is 468 g/mol. The van der Waals surface area contributed by atoms with Crippen molar-refractivity contribution in [1.29, 1.82) is 0 Å². The Morgan fingerprint density at radius 1 is 0.971 bits per heavy atom. The predicted molar refractivity (Wildman–Crippen MR) is 135 cm³/mol. The molecule has 0 saturated carbocycles. The van der Waals surface area contributed by atoms with Crippen molar-refractivity contribution in [3.8, 4) is 11.5 Å². The molecule has 0 saturated heterocycles. The van der Waals surface area contributed by atoms with Crippen molar-refractivity contribution in [1.82, 2.24) is 0 Å². The number of non-ortho nitro benzene ring substituents is 1. The van der Waals surface area contributed by atoms with Gasteiger partial charge in [0.1, 0.15) is 11.5 Å². The number of phenols is 1. The van der Waals surface area contributed by atoms with Gasteiger partial charge >= 0.3 is 5.97 Å². The van der Waals surface area contributed by atoms with E-state index in [0.717, 1.165) is 19.3 Å². The van der Waals surface area contributed by atoms with Crippen LogP contribution in [0.15, 0.2) is 47.5 Å². The molecule has 2 aromatic carbocycles. The summed E-state index contributed by atoms with van der Waals surface area (Å²) in [6.07, 6.45) is 15.2. The average molecular weight is 469 g/mol. The fraction of sp³-hybridized carbons (Fsp3) is 0.481. The summed E-state index contributed by atoms with van der Waals surface area (Å²) < 4.78 is 5.33. The molecule has 0 aliphatic carbocycles. The second-order valence-corrected chi connectivity index (χ2v) is 8.52. The van der Waals surface area contributed by atoms with E-state index in [0.29, 0.717) is 17.7 Å². The van der Waals surface area contributed by atoms with Crippen LogP contribution < -0.4 is 4.74 Å². The molecule has 0 bridgehead atoms. The minimum absolute atomic E-state index is 0.0565. The van der Waals surface area contributed by atoms with E-state index in [1.54, 1.807) is 24.3 Å². The summed E-state index contributed by atoms with van der Waals surface area (Å²) in [5.41, 5.74) is 0.756. The van der Waals surface area contributed by atoms with Gasteiger partial charge in [0.2, 0.25) is 0 Å². The highest BCUT2D eigenvalue weighted by molar-refractivity contribution is 5.86. The van der Waals surface area contributed by atoms with Crippen molar-refractivity contribution in [3.63, 3.8) is 0 Å². The maximum Gasteiger partial charge on any atom is 0.311 e. The van der Waals surface area contributed by atoms with E-state index in [1.807, 2.05) is 0 Å². The first kappa shape index (κ1) is 27.0. The van der Waals surface area contributed by atoms with Gasteiger partial charge in [-0.2, -0.15) is 0 Å². The Bertz CT molecular complexity index is 942. The van der Waals surface area contributed by atoms with Crippen molar-refractivity contribution in [2.24, 2.45) is 4.99 Å². The van der Waals surface area contributed by atoms with Crippen LogP contribution in [-0.4, -0.2) is 22.2 Å².